The van der Waals surface area contributed by atoms with E-state index in [1.807, 2.05) is 0 Å². The smallest absolute Gasteiger partial charge is 0.250 e. The lowest BCUT2D eigenvalue weighted by molar-refractivity contribution is -0.121. The Balaban J connectivity index is 1.89. The van der Waals surface area contributed by atoms with E-state index in [1.54, 1.807) is 12.1 Å². The first kappa shape index (κ1) is 14.0. The third kappa shape index (κ3) is 2.27. The van der Waals surface area contributed by atoms with E-state index in [4.69, 9.17) is 23.2 Å². The molecule has 0 atom stereocenters. The summed E-state index contributed by atoms with van der Waals surface area (Å²) in [6.07, 6.45) is 5.12. The van der Waals surface area contributed by atoms with Gasteiger partial charge in [-0.25, -0.2) is 0 Å². The van der Waals surface area contributed by atoms with Crippen molar-refractivity contribution in [3.8, 4) is 0 Å². The van der Waals surface area contributed by atoms with Gasteiger partial charge in [0.25, 0.3) is 0 Å². The van der Waals surface area contributed by atoms with E-state index >= 15 is 0 Å². The highest BCUT2D eigenvalue weighted by Crippen LogP contribution is 2.43. The number of nitrogens with one attached hydrogen (secondary N) is 2. The largest absolute Gasteiger partial charge is 0.369 e. The van der Waals surface area contributed by atoms with E-state index in [2.05, 4.69) is 17.6 Å². The number of benzene rings is 1. The maximum Gasteiger partial charge on any atom is 0.250 e. The van der Waals surface area contributed by atoms with E-state index in [0.29, 0.717) is 15.7 Å². The van der Waals surface area contributed by atoms with Crippen LogP contribution in [-0.2, 0) is 4.79 Å². The molecule has 0 bridgehead atoms. The second kappa shape index (κ2) is 5.12. The summed E-state index contributed by atoms with van der Waals surface area (Å²) >= 11 is 12.1. The predicted molar refractivity (Wildman–Crippen MR) is 83.7 cm³/mol. The Morgan fingerprint density at radius 2 is 1.80 bits per heavy atom. The fraction of sp³-hybridized carbons (Fsp3) is 0.533. The highest BCUT2D eigenvalue weighted by molar-refractivity contribution is 6.42. The Morgan fingerprint density at radius 3 is 2.40 bits per heavy atom. The van der Waals surface area contributed by atoms with Crippen LogP contribution in [0.25, 0.3) is 0 Å². The summed E-state index contributed by atoms with van der Waals surface area (Å²) < 4.78 is 0. The average Bonchev–Trinajstić information content (AvgIpc) is 2.44. The van der Waals surface area contributed by atoms with Crippen molar-refractivity contribution >= 4 is 40.5 Å². The summed E-state index contributed by atoms with van der Waals surface area (Å²) in [4.78, 5) is 12.5. The van der Waals surface area contributed by atoms with Crippen LogP contribution in [0.3, 0.4) is 0 Å². The molecule has 0 unspecified atom stereocenters. The van der Waals surface area contributed by atoms with E-state index in [-0.39, 0.29) is 5.91 Å². The quantitative estimate of drug-likeness (QED) is 0.789. The highest BCUT2D eigenvalue weighted by atomic mass is 35.5. The summed E-state index contributed by atoms with van der Waals surface area (Å²) in [5.74, 6) is 0.795. The lowest BCUT2D eigenvalue weighted by atomic mass is 9.74. The van der Waals surface area contributed by atoms with Gasteiger partial charge in [0.05, 0.1) is 21.4 Å². The molecule has 1 spiro atoms. The van der Waals surface area contributed by atoms with Gasteiger partial charge in [-0.05, 0) is 43.7 Å². The van der Waals surface area contributed by atoms with Crippen LogP contribution in [0.5, 0.6) is 0 Å². The zero-order valence-corrected chi connectivity index (χ0v) is 12.9. The standard InChI is InChI=1S/C15H18Cl2N2O/c1-2-9-3-5-15(6-4-9)14(20)18-12-7-10(16)11(17)8-13(12)19-15/h7-9,19H,2-6H2,1H3,(H,18,20). The number of rotatable bonds is 1. The number of carbonyl (C=O) groups excluding carboxylic acids is 1. The maximum absolute atomic E-state index is 12.5. The predicted octanol–water partition coefficient (Wildman–Crippen LogP) is 4.70. The Labute approximate surface area is 129 Å². The third-order valence-corrected chi connectivity index (χ3v) is 5.38. The van der Waals surface area contributed by atoms with Crippen molar-refractivity contribution < 1.29 is 4.79 Å². The molecule has 1 heterocycles. The molecule has 2 aliphatic rings. The second-order valence-electron chi connectivity index (χ2n) is 5.82. The zero-order valence-electron chi connectivity index (χ0n) is 11.4. The van der Waals surface area contributed by atoms with E-state index < -0.39 is 5.54 Å². The molecular formula is C15H18Cl2N2O. The van der Waals surface area contributed by atoms with Gasteiger partial charge >= 0.3 is 0 Å². The molecule has 108 valence electrons. The van der Waals surface area contributed by atoms with Crippen LogP contribution in [0.4, 0.5) is 11.4 Å². The van der Waals surface area contributed by atoms with Crippen LogP contribution >= 0.6 is 23.2 Å². The van der Waals surface area contributed by atoms with Gasteiger partial charge in [0.15, 0.2) is 0 Å². The first-order valence-electron chi connectivity index (χ1n) is 7.13. The summed E-state index contributed by atoms with van der Waals surface area (Å²) in [7, 11) is 0. The third-order valence-electron chi connectivity index (χ3n) is 4.65. The van der Waals surface area contributed by atoms with Crippen LogP contribution in [0.15, 0.2) is 12.1 Å². The van der Waals surface area contributed by atoms with Gasteiger partial charge in [-0.2, -0.15) is 0 Å². The zero-order chi connectivity index (χ0) is 14.3. The topological polar surface area (TPSA) is 41.1 Å². The number of fused-ring (bicyclic) bond motifs is 1. The molecule has 0 saturated heterocycles. The minimum atomic E-state index is -0.476. The van der Waals surface area contributed by atoms with Gasteiger partial charge in [-0.3, -0.25) is 4.79 Å². The molecule has 3 nitrogen and oxygen atoms in total. The molecule has 3 rings (SSSR count). The lowest BCUT2D eigenvalue weighted by Crippen LogP contribution is -2.54. The molecule has 1 aromatic carbocycles. The Bertz CT molecular complexity index is 551. The van der Waals surface area contributed by atoms with Crippen molar-refractivity contribution in [2.45, 2.75) is 44.6 Å². The molecular weight excluding hydrogens is 295 g/mol. The average molecular weight is 313 g/mol. The van der Waals surface area contributed by atoms with Crippen LogP contribution in [0.1, 0.15) is 39.0 Å². The Kier molecular flexibility index (Phi) is 3.59. The summed E-state index contributed by atoms with van der Waals surface area (Å²) in [5.41, 5.74) is 1.11. The van der Waals surface area contributed by atoms with E-state index in [9.17, 15) is 4.79 Å². The fourth-order valence-corrected chi connectivity index (χ4v) is 3.57. The fourth-order valence-electron chi connectivity index (χ4n) is 3.24. The summed E-state index contributed by atoms with van der Waals surface area (Å²) in [6.45, 7) is 2.22. The number of hydrogen-bond acceptors (Lipinski definition) is 2. The normalized spacial score (nSPS) is 28.8. The van der Waals surface area contributed by atoms with Gasteiger partial charge in [-0.1, -0.05) is 36.5 Å². The number of carbonyl (C=O) groups is 1. The van der Waals surface area contributed by atoms with E-state index in [0.717, 1.165) is 37.3 Å². The van der Waals surface area contributed by atoms with Crippen molar-refractivity contribution in [1.29, 1.82) is 0 Å². The number of halogens is 2. The van der Waals surface area contributed by atoms with Crippen molar-refractivity contribution in [3.05, 3.63) is 22.2 Å². The summed E-state index contributed by atoms with van der Waals surface area (Å²) in [6, 6.07) is 3.50. The van der Waals surface area contributed by atoms with Crippen LogP contribution < -0.4 is 10.6 Å². The van der Waals surface area contributed by atoms with Gasteiger partial charge < -0.3 is 10.6 Å². The molecule has 1 amide bonds. The van der Waals surface area contributed by atoms with Gasteiger partial charge in [0, 0.05) is 0 Å². The van der Waals surface area contributed by atoms with Crippen LogP contribution in [0.2, 0.25) is 10.0 Å². The van der Waals surface area contributed by atoms with Gasteiger partial charge in [0.1, 0.15) is 5.54 Å². The molecule has 0 radical (unpaired) electrons. The van der Waals surface area contributed by atoms with Crippen LogP contribution in [0, 0.1) is 5.92 Å². The Hall–Kier alpha value is -0.930. The highest BCUT2D eigenvalue weighted by Gasteiger charge is 2.44. The van der Waals surface area contributed by atoms with Crippen LogP contribution in [-0.4, -0.2) is 11.4 Å². The Morgan fingerprint density at radius 1 is 1.20 bits per heavy atom. The minimum absolute atomic E-state index is 0.0537. The SMILES string of the molecule is CCC1CCC2(CC1)Nc1cc(Cl)c(Cl)cc1NC2=O. The van der Waals surface area contributed by atoms with Gasteiger partial charge in [0.2, 0.25) is 5.91 Å². The molecule has 1 saturated carbocycles. The van der Waals surface area contributed by atoms with E-state index in [1.165, 1.54) is 6.42 Å². The molecule has 1 fully saturated rings. The molecule has 5 heteroatoms. The molecule has 2 N–H and O–H groups in total. The first-order valence-corrected chi connectivity index (χ1v) is 7.88. The van der Waals surface area contributed by atoms with Crippen molar-refractivity contribution in [3.63, 3.8) is 0 Å². The maximum atomic E-state index is 12.5. The first-order chi connectivity index (χ1) is 9.54. The molecule has 1 aliphatic heterocycles. The van der Waals surface area contributed by atoms with Crippen molar-refractivity contribution in [2.24, 2.45) is 5.92 Å². The molecule has 0 aromatic heterocycles. The number of anilines is 2. The lowest BCUT2D eigenvalue weighted by Gasteiger charge is -2.43. The van der Waals surface area contributed by atoms with Crippen molar-refractivity contribution in [2.75, 3.05) is 10.6 Å². The number of hydrogen-bond donors (Lipinski definition) is 2. The monoisotopic (exact) mass is 312 g/mol. The minimum Gasteiger partial charge on any atom is -0.369 e. The summed E-state index contributed by atoms with van der Waals surface area (Å²) in [5, 5.41) is 7.36. The van der Waals surface area contributed by atoms with Crippen molar-refractivity contribution in [1.82, 2.24) is 0 Å². The number of amides is 1. The molecule has 1 aliphatic carbocycles. The van der Waals surface area contributed by atoms with Gasteiger partial charge in [-0.15, -0.1) is 0 Å². The molecule has 20 heavy (non-hydrogen) atoms. The second-order valence-corrected chi connectivity index (χ2v) is 6.64. The molecule has 1 aromatic rings.